The van der Waals surface area contributed by atoms with Gasteiger partial charge in [0.15, 0.2) is 5.78 Å². The van der Waals surface area contributed by atoms with Gasteiger partial charge in [0.25, 0.3) is 0 Å². The Morgan fingerprint density at radius 1 is 0.727 bits per heavy atom. The van der Waals surface area contributed by atoms with Crippen molar-refractivity contribution in [3.63, 3.8) is 0 Å². The number of carbonyl (C=O) groups is 7. The fourth-order valence-corrected chi connectivity index (χ4v) is 9.24. The van der Waals surface area contributed by atoms with E-state index in [2.05, 4.69) is 28.2 Å². The molecule has 20 heteroatoms. The second kappa shape index (κ2) is 37.2. The Labute approximate surface area is 398 Å². The molecule has 5 amide bonds. The minimum absolute atomic E-state index is 0.0412. The summed E-state index contributed by atoms with van der Waals surface area (Å²) in [6.07, 6.45) is 11.3. The Morgan fingerprint density at radius 3 is 1.91 bits per heavy atom. The zero-order chi connectivity index (χ0) is 48.2. The van der Waals surface area contributed by atoms with E-state index in [9.17, 15) is 38.7 Å². The van der Waals surface area contributed by atoms with Crippen LogP contribution in [0.3, 0.4) is 0 Å². The molecule has 66 heavy (non-hydrogen) atoms. The summed E-state index contributed by atoms with van der Waals surface area (Å²) < 4.78 is 21.6. The molecule has 9 N–H and O–H groups in total. The third-order valence-electron chi connectivity index (χ3n) is 10.7. The van der Waals surface area contributed by atoms with E-state index in [0.717, 1.165) is 18.4 Å². The van der Waals surface area contributed by atoms with E-state index in [1.165, 1.54) is 72.2 Å². The topological polar surface area (TPSA) is 277 Å². The predicted molar refractivity (Wildman–Crippen MR) is 255 cm³/mol. The molecule has 2 rings (SSSR count). The highest BCUT2D eigenvalue weighted by Crippen LogP contribution is 2.29. The number of ether oxygens (including phenoxy) is 4. The van der Waals surface area contributed by atoms with Crippen LogP contribution in [0.5, 0.6) is 5.75 Å². The van der Waals surface area contributed by atoms with Crippen molar-refractivity contribution in [3.8, 4) is 5.75 Å². The van der Waals surface area contributed by atoms with E-state index in [1.807, 2.05) is 0 Å². The summed E-state index contributed by atoms with van der Waals surface area (Å²) >= 11 is 0. The maximum Gasteiger partial charge on any atom is 0.246 e. The number of phenolic OH excluding ortho intramolecular Hbond substituents is 1. The van der Waals surface area contributed by atoms with Gasteiger partial charge in [-0.15, -0.1) is 0 Å². The number of carbonyl (C=O) groups excluding carboxylic acids is 7. The number of hydrogen-bond acceptors (Lipinski definition) is 15. The molecule has 0 unspecified atom stereocenters. The van der Waals surface area contributed by atoms with Crippen molar-refractivity contribution >= 4 is 62.7 Å². The molecule has 1 aromatic carbocycles. The molecular formula is C46H76N6O12S2. The first-order chi connectivity index (χ1) is 31.9. The Bertz CT molecular complexity index is 1580. The molecule has 0 spiro atoms. The van der Waals surface area contributed by atoms with Gasteiger partial charge in [0, 0.05) is 62.2 Å². The monoisotopic (exact) mass is 968 g/mol. The minimum atomic E-state index is -0.881. The van der Waals surface area contributed by atoms with Gasteiger partial charge in [-0.3, -0.25) is 33.6 Å². The van der Waals surface area contributed by atoms with Crippen LogP contribution in [0.1, 0.15) is 102 Å². The number of nitrogens with one attached hydrogen (secondary N) is 4. The SMILES string of the molecule is CCCCCCCCCCC(=O)NCCOCCOCC(=O)NCCOCCOCC(=O)NCCCC[C@@H]1NC(=O)[C@@H](N)CSSC[C@H](C(=O)C[C@@H](Cc2ccc(O)cc2)C(N)=O)CC1=O. The van der Waals surface area contributed by atoms with Crippen molar-refractivity contribution in [2.75, 3.05) is 84.0 Å². The number of phenols is 1. The summed E-state index contributed by atoms with van der Waals surface area (Å²) in [6, 6.07) is 4.56. The van der Waals surface area contributed by atoms with Crippen LogP contribution < -0.4 is 32.7 Å². The van der Waals surface area contributed by atoms with Gasteiger partial charge in [-0.05, 0) is 49.8 Å². The van der Waals surface area contributed by atoms with Crippen LogP contribution in [-0.4, -0.2) is 142 Å². The zero-order valence-corrected chi connectivity index (χ0v) is 40.5. The average Bonchev–Trinajstić information content (AvgIpc) is 3.31. The molecule has 4 atom stereocenters. The van der Waals surface area contributed by atoms with Crippen LogP contribution in [0, 0.1) is 11.8 Å². The number of Topliss-reactive ketones (excluding diaryl/α,β-unsaturated/α-hetero) is 2. The van der Waals surface area contributed by atoms with E-state index in [0.29, 0.717) is 51.3 Å². The van der Waals surface area contributed by atoms with Crippen LogP contribution in [0.2, 0.25) is 0 Å². The lowest BCUT2D eigenvalue weighted by atomic mass is 9.87. The van der Waals surface area contributed by atoms with Crippen LogP contribution in [0.25, 0.3) is 0 Å². The molecule has 18 nitrogen and oxygen atoms in total. The lowest BCUT2D eigenvalue weighted by Crippen LogP contribution is -2.49. The molecule has 374 valence electrons. The number of rotatable bonds is 36. The quantitative estimate of drug-likeness (QED) is 0.0376. The molecule has 0 bridgehead atoms. The molecule has 0 radical (unpaired) electrons. The second-order valence-corrected chi connectivity index (χ2v) is 18.9. The summed E-state index contributed by atoms with van der Waals surface area (Å²) in [4.78, 5) is 88.4. The summed E-state index contributed by atoms with van der Waals surface area (Å²) in [5.41, 5.74) is 12.5. The zero-order valence-electron chi connectivity index (χ0n) is 38.8. The largest absolute Gasteiger partial charge is 0.508 e. The van der Waals surface area contributed by atoms with Gasteiger partial charge in [0.1, 0.15) is 24.7 Å². The number of benzene rings is 1. The normalized spacial score (nSPS) is 17.3. The van der Waals surface area contributed by atoms with Gasteiger partial charge in [-0.2, -0.15) is 0 Å². The van der Waals surface area contributed by atoms with Crippen LogP contribution >= 0.6 is 21.6 Å². The van der Waals surface area contributed by atoms with Gasteiger partial charge >= 0.3 is 0 Å². The number of aromatic hydroxyl groups is 1. The van der Waals surface area contributed by atoms with E-state index >= 15 is 0 Å². The number of unbranched alkanes of at least 4 members (excludes halogenated alkanes) is 8. The Hall–Kier alpha value is -3.79. The molecular weight excluding hydrogens is 893 g/mol. The van der Waals surface area contributed by atoms with Crippen molar-refractivity contribution in [1.29, 1.82) is 0 Å². The number of amides is 5. The number of hydrogen-bond donors (Lipinski definition) is 7. The Balaban J connectivity index is 1.53. The fourth-order valence-electron chi connectivity index (χ4n) is 6.78. The van der Waals surface area contributed by atoms with Crippen LogP contribution in [0.4, 0.5) is 0 Å². The third-order valence-corrected chi connectivity index (χ3v) is 13.2. The summed E-state index contributed by atoms with van der Waals surface area (Å²) in [6.45, 7) is 4.50. The first kappa shape index (κ1) is 58.3. The van der Waals surface area contributed by atoms with Crippen molar-refractivity contribution < 1.29 is 57.6 Å². The highest BCUT2D eigenvalue weighted by atomic mass is 33.1. The second-order valence-electron chi connectivity index (χ2n) is 16.3. The number of primary amides is 1. The van der Waals surface area contributed by atoms with E-state index in [-0.39, 0.29) is 113 Å². The minimum Gasteiger partial charge on any atom is -0.508 e. The summed E-state index contributed by atoms with van der Waals surface area (Å²) in [5.74, 6) is -3.12. The molecule has 1 fully saturated rings. The first-order valence-corrected chi connectivity index (χ1v) is 25.9. The standard InChI is InChI=1S/C46H76N6O12S2/c1-2-3-4-5-6-7-8-9-13-42(56)50-19-21-61-23-26-64-31-44(58)51-20-22-62-24-25-63-30-43(57)49-18-11-10-12-39-41(55)29-36(32-65-66-33-38(47)46(60)52-39)40(54)28-35(45(48)59)27-34-14-16-37(53)17-15-34/h14-17,35-36,38-39,53H,2-13,18-33,47H2,1H3,(H2,48,59)(H,49,57)(H,50,56)(H,51,58)(H,52,60)/t35-,36-,38+,39+/m1/s1. The molecule has 1 aliphatic rings. The average molecular weight is 969 g/mol. The van der Waals surface area contributed by atoms with E-state index in [4.69, 9.17) is 30.4 Å². The van der Waals surface area contributed by atoms with Crippen molar-refractivity contribution in [1.82, 2.24) is 21.3 Å². The molecule has 0 aliphatic carbocycles. The van der Waals surface area contributed by atoms with E-state index < -0.39 is 35.7 Å². The van der Waals surface area contributed by atoms with Crippen LogP contribution in [0.15, 0.2) is 24.3 Å². The third kappa shape index (κ3) is 29.1. The van der Waals surface area contributed by atoms with Gasteiger partial charge < -0.3 is 56.8 Å². The smallest absolute Gasteiger partial charge is 0.246 e. The number of nitrogens with two attached hydrogens (primary N) is 2. The fraction of sp³-hybridized carbons (Fsp3) is 0.717. The maximum atomic E-state index is 13.6. The summed E-state index contributed by atoms with van der Waals surface area (Å²) in [7, 11) is 2.69. The highest BCUT2D eigenvalue weighted by Gasteiger charge is 2.32. The van der Waals surface area contributed by atoms with Crippen molar-refractivity contribution in [3.05, 3.63) is 29.8 Å². The molecule has 1 heterocycles. The number of ketones is 2. The van der Waals surface area contributed by atoms with Crippen molar-refractivity contribution in [2.24, 2.45) is 23.3 Å². The molecule has 1 aliphatic heterocycles. The maximum absolute atomic E-state index is 13.6. The lowest BCUT2D eigenvalue weighted by molar-refractivity contribution is -0.132. The first-order valence-electron chi connectivity index (χ1n) is 23.4. The predicted octanol–water partition coefficient (Wildman–Crippen LogP) is 2.89. The molecule has 1 saturated heterocycles. The summed E-state index contributed by atoms with van der Waals surface area (Å²) in [5, 5.41) is 20.6. The van der Waals surface area contributed by atoms with Gasteiger partial charge in [0.2, 0.25) is 29.5 Å². The van der Waals surface area contributed by atoms with Crippen molar-refractivity contribution in [2.45, 2.75) is 115 Å². The van der Waals surface area contributed by atoms with Gasteiger partial charge in [-0.1, -0.05) is 85.6 Å². The lowest BCUT2D eigenvalue weighted by Gasteiger charge is -2.22. The molecule has 0 aromatic heterocycles. The Kier molecular flexibility index (Phi) is 32.9. The van der Waals surface area contributed by atoms with Crippen LogP contribution in [-0.2, 0) is 58.9 Å². The highest BCUT2D eigenvalue weighted by molar-refractivity contribution is 8.76. The molecule has 1 aromatic rings. The van der Waals surface area contributed by atoms with Gasteiger partial charge in [-0.25, -0.2) is 0 Å². The Morgan fingerprint density at radius 2 is 1.29 bits per heavy atom. The molecule has 0 saturated carbocycles. The van der Waals surface area contributed by atoms with Gasteiger partial charge in [0.05, 0.1) is 51.7 Å². The van der Waals surface area contributed by atoms with E-state index in [1.54, 1.807) is 12.1 Å².